The first-order valence-corrected chi connectivity index (χ1v) is 3.65. The van der Waals surface area contributed by atoms with E-state index in [2.05, 4.69) is 4.74 Å². The summed E-state index contributed by atoms with van der Waals surface area (Å²) in [5, 5.41) is 27.1. The van der Waals surface area contributed by atoms with Crippen LogP contribution in [0.15, 0.2) is 12.1 Å². The first-order chi connectivity index (χ1) is 6.61. The zero-order valence-electron chi connectivity index (χ0n) is 7.31. The second-order valence-corrected chi connectivity index (χ2v) is 2.46. The van der Waals surface area contributed by atoms with Crippen molar-refractivity contribution in [3.63, 3.8) is 0 Å². The maximum atomic E-state index is 11.0. The molecule has 0 fully saturated rings. The zero-order valence-corrected chi connectivity index (χ0v) is 7.31. The number of rotatable bonds is 1. The minimum Gasteiger partial charge on any atom is -0.506 e. The second-order valence-electron chi connectivity index (χ2n) is 2.46. The molecule has 1 aromatic rings. The lowest BCUT2D eigenvalue weighted by Crippen LogP contribution is -2.02. The van der Waals surface area contributed by atoms with E-state index in [1.807, 2.05) is 0 Å². The van der Waals surface area contributed by atoms with Gasteiger partial charge in [-0.05, 0) is 12.1 Å². The predicted molar refractivity (Wildman–Crippen MR) is 45.8 cm³/mol. The van der Waals surface area contributed by atoms with Crippen molar-refractivity contribution in [1.29, 1.82) is 5.26 Å². The summed E-state index contributed by atoms with van der Waals surface area (Å²) in [5.74, 6) is -1.71. The summed E-state index contributed by atoms with van der Waals surface area (Å²) >= 11 is 0. The Hall–Kier alpha value is -2.22. The molecular weight excluding hydrogens is 186 g/mol. The summed E-state index contributed by atoms with van der Waals surface area (Å²) in [7, 11) is 1.15. The zero-order chi connectivity index (χ0) is 10.7. The molecule has 0 spiro atoms. The molecular formula is C9H7NO4. The number of carbonyl (C=O) groups excluding carboxylic acids is 1. The van der Waals surface area contributed by atoms with E-state index in [4.69, 9.17) is 10.4 Å². The van der Waals surface area contributed by atoms with Crippen molar-refractivity contribution in [3.8, 4) is 17.6 Å². The van der Waals surface area contributed by atoms with Crippen molar-refractivity contribution in [2.45, 2.75) is 0 Å². The lowest BCUT2D eigenvalue weighted by atomic mass is 10.1. The number of carbonyl (C=O) groups is 1. The van der Waals surface area contributed by atoms with Crippen LogP contribution in [0.2, 0.25) is 0 Å². The lowest BCUT2D eigenvalue weighted by Gasteiger charge is -2.04. The molecule has 2 N–H and O–H groups in total. The minimum absolute atomic E-state index is 0.151. The van der Waals surface area contributed by atoms with Crippen LogP contribution in [0.1, 0.15) is 15.9 Å². The Bertz CT molecular complexity index is 420. The summed E-state index contributed by atoms with van der Waals surface area (Å²) < 4.78 is 4.37. The fourth-order valence-corrected chi connectivity index (χ4v) is 0.965. The van der Waals surface area contributed by atoms with Crippen molar-refractivity contribution in [3.05, 3.63) is 23.3 Å². The highest BCUT2D eigenvalue weighted by atomic mass is 16.5. The lowest BCUT2D eigenvalue weighted by molar-refractivity contribution is 0.0597. The molecule has 0 aliphatic heterocycles. The molecule has 72 valence electrons. The van der Waals surface area contributed by atoms with E-state index in [0.29, 0.717) is 0 Å². The van der Waals surface area contributed by atoms with Gasteiger partial charge in [-0.25, -0.2) is 4.79 Å². The SMILES string of the molecule is COC(=O)c1ccc(O)c(C#N)c1O. The third kappa shape index (κ3) is 1.45. The highest BCUT2D eigenvalue weighted by Crippen LogP contribution is 2.29. The Morgan fingerprint density at radius 2 is 2.14 bits per heavy atom. The number of aromatic hydroxyl groups is 2. The molecule has 0 aliphatic rings. The number of phenolic OH excluding ortho intramolecular Hbond substituents is 2. The summed E-state index contributed by atoms with van der Waals surface area (Å²) in [6, 6.07) is 3.90. The highest BCUT2D eigenvalue weighted by molar-refractivity contribution is 5.93. The van der Waals surface area contributed by atoms with Crippen molar-refractivity contribution in [2.24, 2.45) is 0 Å². The molecule has 0 radical (unpaired) electrons. The monoisotopic (exact) mass is 193 g/mol. The molecule has 1 aromatic carbocycles. The van der Waals surface area contributed by atoms with E-state index in [-0.39, 0.29) is 16.9 Å². The summed E-state index contributed by atoms with van der Waals surface area (Å²) in [6.45, 7) is 0. The molecule has 0 amide bonds. The number of methoxy groups -OCH3 is 1. The predicted octanol–water partition coefficient (Wildman–Crippen LogP) is 0.756. The van der Waals surface area contributed by atoms with Crippen molar-refractivity contribution >= 4 is 5.97 Å². The minimum atomic E-state index is -0.765. The molecule has 1 rings (SSSR count). The number of nitriles is 1. The number of ether oxygens (including phenoxy) is 1. The van der Waals surface area contributed by atoms with Gasteiger partial charge in [-0.1, -0.05) is 0 Å². The topological polar surface area (TPSA) is 90.5 Å². The van der Waals surface area contributed by atoms with Crippen LogP contribution < -0.4 is 0 Å². The number of hydrogen-bond acceptors (Lipinski definition) is 5. The number of esters is 1. The number of nitrogens with zero attached hydrogens (tertiary/aromatic N) is 1. The summed E-state index contributed by atoms with van der Waals surface area (Å²) in [4.78, 5) is 11.0. The molecule has 0 aromatic heterocycles. The van der Waals surface area contributed by atoms with Gasteiger partial charge in [-0.15, -0.1) is 0 Å². The van der Waals surface area contributed by atoms with E-state index >= 15 is 0 Å². The molecule has 0 heterocycles. The first-order valence-electron chi connectivity index (χ1n) is 3.65. The summed E-state index contributed by atoms with van der Waals surface area (Å²) in [6.07, 6.45) is 0. The van der Waals surface area contributed by atoms with Crippen molar-refractivity contribution in [2.75, 3.05) is 7.11 Å². The second kappa shape index (κ2) is 3.66. The molecule has 0 unspecified atom stereocenters. The van der Waals surface area contributed by atoms with Gasteiger partial charge >= 0.3 is 5.97 Å². The van der Waals surface area contributed by atoms with Crippen LogP contribution in [0.25, 0.3) is 0 Å². The average Bonchev–Trinajstić information content (AvgIpc) is 2.18. The summed E-state index contributed by atoms with van der Waals surface area (Å²) in [5.41, 5.74) is -0.491. The van der Waals surface area contributed by atoms with E-state index in [0.717, 1.165) is 13.2 Å². The third-order valence-electron chi connectivity index (χ3n) is 1.67. The van der Waals surface area contributed by atoms with Gasteiger partial charge in [0.15, 0.2) is 5.75 Å². The molecule has 0 aliphatic carbocycles. The van der Waals surface area contributed by atoms with Crippen LogP contribution in [-0.4, -0.2) is 23.3 Å². The molecule has 5 heteroatoms. The van der Waals surface area contributed by atoms with Crippen LogP contribution >= 0.6 is 0 Å². The molecule has 0 saturated heterocycles. The third-order valence-corrected chi connectivity index (χ3v) is 1.67. The van der Waals surface area contributed by atoms with Gasteiger partial charge in [-0.3, -0.25) is 0 Å². The Labute approximate surface area is 79.8 Å². The maximum absolute atomic E-state index is 11.0. The number of phenols is 2. The first kappa shape index (κ1) is 9.86. The number of hydrogen-bond donors (Lipinski definition) is 2. The van der Waals surface area contributed by atoms with Gasteiger partial charge in [0, 0.05) is 0 Å². The van der Waals surface area contributed by atoms with Gasteiger partial charge < -0.3 is 14.9 Å². The van der Waals surface area contributed by atoms with Crippen LogP contribution in [0.3, 0.4) is 0 Å². The standard InChI is InChI=1S/C9H7NO4/c1-14-9(13)5-2-3-7(11)6(4-10)8(5)12/h2-3,11-12H,1H3. The van der Waals surface area contributed by atoms with Crippen LogP contribution in [0.5, 0.6) is 11.5 Å². The molecule has 0 atom stereocenters. The fourth-order valence-electron chi connectivity index (χ4n) is 0.965. The van der Waals surface area contributed by atoms with E-state index < -0.39 is 11.7 Å². The van der Waals surface area contributed by atoms with Crippen molar-refractivity contribution < 1.29 is 19.7 Å². The normalized spacial score (nSPS) is 9.14. The van der Waals surface area contributed by atoms with Gasteiger partial charge in [0.25, 0.3) is 0 Å². The largest absolute Gasteiger partial charge is 0.506 e. The molecule has 0 saturated carbocycles. The Balaban J connectivity index is 3.37. The highest BCUT2D eigenvalue weighted by Gasteiger charge is 2.17. The van der Waals surface area contributed by atoms with Crippen LogP contribution in [0.4, 0.5) is 0 Å². The van der Waals surface area contributed by atoms with E-state index in [9.17, 15) is 9.90 Å². The fraction of sp³-hybridized carbons (Fsp3) is 0.111. The van der Waals surface area contributed by atoms with Gasteiger partial charge in [0.05, 0.1) is 7.11 Å². The van der Waals surface area contributed by atoms with Crippen molar-refractivity contribution in [1.82, 2.24) is 0 Å². The molecule has 0 bridgehead atoms. The Morgan fingerprint density at radius 1 is 1.50 bits per heavy atom. The number of benzene rings is 1. The van der Waals surface area contributed by atoms with Gasteiger partial charge in [0.1, 0.15) is 22.9 Å². The van der Waals surface area contributed by atoms with E-state index in [1.54, 1.807) is 6.07 Å². The molecule has 5 nitrogen and oxygen atoms in total. The average molecular weight is 193 g/mol. The smallest absolute Gasteiger partial charge is 0.341 e. The molecule has 14 heavy (non-hydrogen) atoms. The van der Waals surface area contributed by atoms with Crippen LogP contribution in [-0.2, 0) is 4.74 Å². The quantitative estimate of drug-likeness (QED) is 0.642. The van der Waals surface area contributed by atoms with E-state index in [1.165, 1.54) is 6.07 Å². The van der Waals surface area contributed by atoms with Gasteiger partial charge in [-0.2, -0.15) is 5.26 Å². The Morgan fingerprint density at radius 3 is 2.64 bits per heavy atom. The Kier molecular flexibility index (Phi) is 2.58. The maximum Gasteiger partial charge on any atom is 0.341 e. The van der Waals surface area contributed by atoms with Crippen LogP contribution in [0, 0.1) is 11.3 Å². The van der Waals surface area contributed by atoms with Gasteiger partial charge in [0.2, 0.25) is 0 Å².